The van der Waals surface area contributed by atoms with Crippen LogP contribution in [0.4, 0.5) is 0 Å². The molecule has 7 nitrogen and oxygen atoms in total. The molecule has 8 heteroatoms. The van der Waals surface area contributed by atoms with Crippen molar-refractivity contribution in [2.24, 2.45) is 10.9 Å². The summed E-state index contributed by atoms with van der Waals surface area (Å²) in [5.41, 5.74) is 2.70. The van der Waals surface area contributed by atoms with Gasteiger partial charge in [-0.2, -0.15) is 0 Å². The van der Waals surface area contributed by atoms with Crippen molar-refractivity contribution < 1.29 is 19.1 Å². The monoisotopic (exact) mass is 455 g/mol. The van der Waals surface area contributed by atoms with Gasteiger partial charge >= 0.3 is 5.97 Å². The number of nitrogens with one attached hydrogen (secondary N) is 1. The van der Waals surface area contributed by atoms with Gasteiger partial charge in [0.05, 0.1) is 30.8 Å². The number of aliphatic imine (C=N–C) groups is 1. The zero-order chi connectivity index (χ0) is 23.3. The zero-order valence-corrected chi connectivity index (χ0v) is 19.7. The lowest BCUT2D eigenvalue weighted by atomic mass is 9.93. The Morgan fingerprint density at radius 3 is 2.66 bits per heavy atom. The predicted octanol–water partition coefficient (Wildman–Crippen LogP) is 4.16. The summed E-state index contributed by atoms with van der Waals surface area (Å²) in [6.45, 7) is 10.2. The van der Waals surface area contributed by atoms with Crippen LogP contribution in [0.1, 0.15) is 38.8 Å². The molecule has 1 aromatic carbocycles. The largest absolute Gasteiger partial charge is 0.497 e. The molecule has 3 rings (SSSR count). The number of thioether (sulfide) groups is 1. The van der Waals surface area contributed by atoms with Crippen LogP contribution in [-0.4, -0.2) is 42.2 Å². The van der Waals surface area contributed by atoms with Crippen LogP contribution in [0.3, 0.4) is 0 Å². The lowest BCUT2D eigenvalue weighted by Gasteiger charge is -2.36. The Morgan fingerprint density at radius 2 is 2.03 bits per heavy atom. The fraction of sp³-hybridized carbons (Fsp3) is 0.375. The second-order valence-electron chi connectivity index (χ2n) is 7.93. The number of nitrogens with zero attached hydrogens (tertiary/aromatic N) is 2. The third-order valence-electron chi connectivity index (χ3n) is 5.03. The fourth-order valence-corrected chi connectivity index (χ4v) is 4.45. The molecule has 0 saturated heterocycles. The van der Waals surface area contributed by atoms with E-state index in [4.69, 9.17) is 9.47 Å². The molecule has 1 atom stereocenters. The van der Waals surface area contributed by atoms with E-state index in [0.717, 1.165) is 22.2 Å². The van der Waals surface area contributed by atoms with Crippen LogP contribution in [-0.2, 0) is 14.3 Å². The summed E-state index contributed by atoms with van der Waals surface area (Å²) < 4.78 is 10.7. The molecular weight excluding hydrogens is 426 g/mol. The Balaban J connectivity index is 1.97. The molecule has 1 N–H and O–H groups in total. The lowest BCUT2D eigenvalue weighted by molar-refractivity contribution is -0.138. The number of carbonyl (C=O) groups excluding carboxylic acids is 2. The van der Waals surface area contributed by atoms with Gasteiger partial charge in [-0.3, -0.25) is 4.79 Å². The van der Waals surface area contributed by atoms with E-state index in [1.807, 2.05) is 34.6 Å². The summed E-state index contributed by atoms with van der Waals surface area (Å²) in [5.74, 6) is 0.560. The number of allylic oxidation sites excluding steroid dienone is 1. The van der Waals surface area contributed by atoms with E-state index in [1.54, 1.807) is 14.0 Å². The summed E-state index contributed by atoms with van der Waals surface area (Å²) in [6, 6.07) is 7.07. The number of amidine groups is 1. The Kier molecular flexibility index (Phi) is 7.80. The standard InChI is InChI=1S/C24H29N3O4S/c1-6-11-31-23(29)21-16(4)26-24-27(22(21)17-7-9-19(30-5)10-8-17)18(14-32-24)12-20(28)25-13-15(2)3/h6-10,14-15,22H,1,11-13H2,2-5H3,(H,25,28). The average molecular weight is 456 g/mol. The third-order valence-corrected chi connectivity index (χ3v) is 5.92. The number of benzene rings is 1. The number of hydrogen-bond donors (Lipinski definition) is 1. The highest BCUT2D eigenvalue weighted by atomic mass is 32.2. The van der Waals surface area contributed by atoms with Crippen LogP contribution in [0.2, 0.25) is 0 Å². The topological polar surface area (TPSA) is 80.2 Å². The first-order chi connectivity index (χ1) is 15.3. The maximum Gasteiger partial charge on any atom is 0.338 e. The van der Waals surface area contributed by atoms with E-state index >= 15 is 0 Å². The molecule has 0 bridgehead atoms. The van der Waals surface area contributed by atoms with Crippen molar-refractivity contribution in [3.63, 3.8) is 0 Å². The highest BCUT2D eigenvalue weighted by Crippen LogP contribution is 2.45. The number of fused-ring (bicyclic) bond motifs is 1. The quantitative estimate of drug-likeness (QED) is 0.445. The van der Waals surface area contributed by atoms with Crippen LogP contribution in [0, 0.1) is 5.92 Å². The van der Waals surface area contributed by atoms with Gasteiger partial charge in [0.2, 0.25) is 5.91 Å². The van der Waals surface area contributed by atoms with Crippen molar-refractivity contribution in [3.05, 3.63) is 64.9 Å². The predicted molar refractivity (Wildman–Crippen MR) is 127 cm³/mol. The van der Waals surface area contributed by atoms with E-state index < -0.39 is 12.0 Å². The van der Waals surface area contributed by atoms with Crippen LogP contribution >= 0.6 is 11.8 Å². The number of hydrogen-bond acceptors (Lipinski definition) is 7. The molecule has 2 aliphatic heterocycles. The molecule has 2 aliphatic rings. The first kappa shape index (κ1) is 23.7. The number of rotatable bonds is 9. The van der Waals surface area contributed by atoms with Gasteiger partial charge in [0, 0.05) is 12.2 Å². The summed E-state index contributed by atoms with van der Waals surface area (Å²) >= 11 is 1.45. The Hall–Kier alpha value is -3.00. The van der Waals surface area contributed by atoms with Gasteiger partial charge in [0.15, 0.2) is 5.17 Å². The van der Waals surface area contributed by atoms with Gasteiger partial charge in [-0.1, -0.05) is 50.4 Å². The molecule has 1 amide bonds. The molecule has 1 unspecified atom stereocenters. The van der Waals surface area contributed by atoms with Crippen molar-refractivity contribution in [2.75, 3.05) is 20.3 Å². The second-order valence-corrected chi connectivity index (χ2v) is 8.76. The Morgan fingerprint density at radius 1 is 1.31 bits per heavy atom. The minimum absolute atomic E-state index is 0.0673. The second kappa shape index (κ2) is 10.5. The maximum absolute atomic E-state index is 13.0. The van der Waals surface area contributed by atoms with E-state index in [-0.39, 0.29) is 18.9 Å². The summed E-state index contributed by atoms with van der Waals surface area (Å²) in [7, 11) is 1.61. The van der Waals surface area contributed by atoms with Gasteiger partial charge in [0.1, 0.15) is 12.4 Å². The van der Waals surface area contributed by atoms with Gasteiger partial charge in [-0.25, -0.2) is 9.79 Å². The van der Waals surface area contributed by atoms with Gasteiger partial charge in [-0.05, 0) is 35.9 Å². The van der Waals surface area contributed by atoms with Crippen molar-refractivity contribution in [1.29, 1.82) is 0 Å². The number of methoxy groups -OCH3 is 1. The molecule has 0 saturated carbocycles. The van der Waals surface area contributed by atoms with E-state index in [9.17, 15) is 9.59 Å². The van der Waals surface area contributed by atoms with Crippen molar-refractivity contribution >= 4 is 28.8 Å². The minimum Gasteiger partial charge on any atom is -0.497 e. The molecule has 0 radical (unpaired) electrons. The van der Waals surface area contributed by atoms with Gasteiger partial charge in [0.25, 0.3) is 0 Å². The van der Waals surface area contributed by atoms with Gasteiger partial charge in [-0.15, -0.1) is 0 Å². The number of carbonyl (C=O) groups is 2. The number of ether oxygens (including phenoxy) is 2. The summed E-state index contributed by atoms with van der Waals surface area (Å²) in [4.78, 5) is 32.2. The molecule has 0 aliphatic carbocycles. The van der Waals surface area contributed by atoms with Crippen LogP contribution < -0.4 is 10.1 Å². The molecule has 170 valence electrons. The smallest absolute Gasteiger partial charge is 0.338 e. The number of amides is 1. The molecule has 2 heterocycles. The molecule has 0 fully saturated rings. The van der Waals surface area contributed by atoms with Crippen molar-refractivity contribution in [2.45, 2.75) is 33.2 Å². The van der Waals surface area contributed by atoms with Crippen LogP contribution in [0.15, 0.2) is 64.3 Å². The highest BCUT2D eigenvalue weighted by molar-refractivity contribution is 8.16. The fourth-order valence-electron chi connectivity index (χ4n) is 3.49. The van der Waals surface area contributed by atoms with Crippen LogP contribution in [0.5, 0.6) is 5.75 Å². The molecule has 32 heavy (non-hydrogen) atoms. The van der Waals surface area contributed by atoms with Crippen molar-refractivity contribution in [3.8, 4) is 5.75 Å². The normalized spacial score (nSPS) is 17.5. The third kappa shape index (κ3) is 5.24. The maximum atomic E-state index is 13.0. The van der Waals surface area contributed by atoms with Crippen LogP contribution in [0.25, 0.3) is 0 Å². The highest BCUT2D eigenvalue weighted by Gasteiger charge is 2.41. The molecule has 0 aromatic heterocycles. The summed E-state index contributed by atoms with van der Waals surface area (Å²) in [5, 5.41) is 5.62. The van der Waals surface area contributed by atoms with Crippen molar-refractivity contribution in [1.82, 2.24) is 10.2 Å². The van der Waals surface area contributed by atoms with E-state index in [0.29, 0.717) is 23.7 Å². The Bertz CT molecular complexity index is 979. The first-order valence-corrected chi connectivity index (χ1v) is 11.4. The lowest BCUT2D eigenvalue weighted by Crippen LogP contribution is -2.38. The average Bonchev–Trinajstić information content (AvgIpc) is 3.17. The number of esters is 1. The molecule has 1 aromatic rings. The summed E-state index contributed by atoms with van der Waals surface area (Å²) in [6.07, 6.45) is 1.73. The first-order valence-electron chi connectivity index (χ1n) is 10.5. The van der Waals surface area contributed by atoms with E-state index in [2.05, 4.69) is 30.7 Å². The van der Waals surface area contributed by atoms with E-state index in [1.165, 1.54) is 17.8 Å². The Labute approximate surface area is 193 Å². The zero-order valence-electron chi connectivity index (χ0n) is 18.9. The van der Waals surface area contributed by atoms with Gasteiger partial charge < -0.3 is 19.7 Å². The molecular formula is C24H29N3O4S. The molecule has 0 spiro atoms. The minimum atomic E-state index is -0.468. The SMILES string of the molecule is C=CCOC(=O)C1=C(C)N=C2SC=C(CC(=O)NCC(C)C)N2C1c1ccc(OC)cc1.